The monoisotopic (exact) mass is 609 g/mol. The first-order valence-electron chi connectivity index (χ1n) is 14.3. The molecule has 2 N–H and O–H groups in total. The van der Waals surface area contributed by atoms with E-state index in [9.17, 15) is 4.79 Å². The van der Waals surface area contributed by atoms with Crippen molar-refractivity contribution in [3.63, 3.8) is 0 Å². The minimum absolute atomic E-state index is 0.0518. The molecule has 4 aromatic rings. The number of nitrogens with one attached hydrogen (secondary N) is 1. The second-order valence-electron chi connectivity index (χ2n) is 10.3. The number of amides is 1. The van der Waals surface area contributed by atoms with Gasteiger partial charge in [0.15, 0.2) is 11.6 Å². The van der Waals surface area contributed by atoms with E-state index in [1.165, 1.54) is 0 Å². The van der Waals surface area contributed by atoms with Crippen molar-refractivity contribution in [2.45, 2.75) is 37.6 Å². The van der Waals surface area contributed by atoms with Crippen LogP contribution in [0.15, 0.2) is 113 Å². The Morgan fingerprint density at radius 1 is 0.977 bits per heavy atom. The number of aliphatic hydroxyl groups excluding tert-OH is 1. The van der Waals surface area contributed by atoms with Crippen molar-refractivity contribution in [2.24, 2.45) is 10.1 Å². The molecule has 44 heavy (non-hydrogen) atoms. The lowest BCUT2D eigenvalue weighted by atomic mass is 9.81. The van der Waals surface area contributed by atoms with E-state index in [-0.39, 0.29) is 32.0 Å². The third kappa shape index (κ3) is 7.03. The Morgan fingerprint density at radius 2 is 1.66 bits per heavy atom. The number of halogens is 1. The Bertz CT molecular complexity index is 1660. The van der Waals surface area contributed by atoms with Crippen LogP contribution in [0.5, 0.6) is 5.75 Å². The highest BCUT2D eigenvalue weighted by molar-refractivity contribution is 6.31. The number of hydrogen-bond donors (Lipinski definition) is 2. The van der Waals surface area contributed by atoms with Gasteiger partial charge in [-0.25, -0.2) is 4.99 Å². The maximum atomic E-state index is 14.5. The van der Waals surface area contributed by atoms with E-state index in [0.29, 0.717) is 35.3 Å². The van der Waals surface area contributed by atoms with E-state index in [1.807, 2.05) is 97.1 Å². The fraction of sp³-hybridized carbons (Fsp3) is 0.235. The van der Waals surface area contributed by atoms with E-state index < -0.39 is 11.6 Å². The highest BCUT2D eigenvalue weighted by atomic mass is 35.5. The lowest BCUT2D eigenvalue weighted by Gasteiger charge is -2.31. The summed E-state index contributed by atoms with van der Waals surface area (Å²) in [4.78, 5) is 22.5. The number of carbonyl (C=O) groups excluding carboxylic acids is 1. The number of azide groups is 1. The summed E-state index contributed by atoms with van der Waals surface area (Å²) in [6.45, 7) is 0.783. The molecule has 9 nitrogen and oxygen atoms in total. The molecule has 224 valence electrons. The quantitative estimate of drug-likeness (QED) is 0.0753. The average molecular weight is 610 g/mol. The van der Waals surface area contributed by atoms with Crippen LogP contribution in [0.1, 0.15) is 40.3 Å². The zero-order valence-corrected chi connectivity index (χ0v) is 24.7. The van der Waals surface area contributed by atoms with Crippen LogP contribution in [-0.4, -0.2) is 35.7 Å². The van der Waals surface area contributed by atoms with Crippen LogP contribution in [0.2, 0.25) is 5.02 Å². The Morgan fingerprint density at radius 3 is 2.36 bits per heavy atom. The smallest absolute Gasteiger partial charge is 0.252 e. The van der Waals surface area contributed by atoms with E-state index in [0.717, 1.165) is 22.3 Å². The molecular formula is C34H32ClN5O4. The first-order chi connectivity index (χ1) is 21.5. The van der Waals surface area contributed by atoms with Gasteiger partial charge >= 0.3 is 0 Å². The number of rotatable bonds is 13. The minimum atomic E-state index is -1.42. The van der Waals surface area contributed by atoms with Crippen molar-refractivity contribution >= 4 is 23.4 Å². The van der Waals surface area contributed by atoms with Crippen LogP contribution in [-0.2, 0) is 29.0 Å². The number of aliphatic imine (C=N–C) groups is 1. The highest BCUT2D eigenvalue weighted by Crippen LogP contribution is 2.43. The number of carbonyl (C=O) groups is 1. The molecule has 10 heteroatoms. The molecule has 0 aliphatic carbocycles. The molecule has 0 radical (unpaired) electrons. The van der Waals surface area contributed by atoms with Gasteiger partial charge in [-0.05, 0) is 58.1 Å². The molecule has 0 spiro atoms. The number of hydrogen-bond acceptors (Lipinski definition) is 6. The molecule has 5 rings (SSSR count). The van der Waals surface area contributed by atoms with Gasteiger partial charge in [0.2, 0.25) is 5.90 Å². The van der Waals surface area contributed by atoms with Gasteiger partial charge < -0.3 is 19.9 Å². The summed E-state index contributed by atoms with van der Waals surface area (Å²) in [7, 11) is 0. The third-order valence-corrected chi connectivity index (χ3v) is 7.78. The largest absolute Gasteiger partial charge is 0.494 e. The van der Waals surface area contributed by atoms with Gasteiger partial charge in [-0.15, -0.1) is 0 Å². The molecule has 1 aliphatic rings. The summed E-state index contributed by atoms with van der Waals surface area (Å²) in [5.41, 5.74) is 11.4. The molecule has 0 fully saturated rings. The summed E-state index contributed by atoms with van der Waals surface area (Å²) < 4.78 is 12.3. The van der Waals surface area contributed by atoms with Crippen LogP contribution in [0.4, 0.5) is 0 Å². The van der Waals surface area contributed by atoms with E-state index in [2.05, 4.69) is 15.3 Å². The number of aliphatic hydroxyl groups is 1. The first kappa shape index (κ1) is 30.6. The van der Waals surface area contributed by atoms with E-state index in [1.54, 1.807) is 6.07 Å². The van der Waals surface area contributed by atoms with Gasteiger partial charge in [0.25, 0.3) is 5.91 Å². The van der Waals surface area contributed by atoms with Crippen molar-refractivity contribution in [1.82, 2.24) is 5.32 Å². The highest BCUT2D eigenvalue weighted by Gasteiger charge is 2.53. The summed E-state index contributed by atoms with van der Waals surface area (Å²) in [5, 5.41) is 16.5. The summed E-state index contributed by atoms with van der Waals surface area (Å²) >= 11 is 6.42. The lowest BCUT2D eigenvalue weighted by molar-refractivity contribution is -0.129. The number of ether oxygens (including phenoxy) is 2. The second kappa shape index (κ2) is 14.6. The maximum absolute atomic E-state index is 14.5. The molecule has 0 bridgehead atoms. The molecule has 1 heterocycles. The molecule has 0 aromatic heterocycles. The Labute approximate surface area is 260 Å². The number of nitrogens with zero attached hydrogens (tertiary/aromatic N) is 4. The standard InChI is InChI=1S/C34H32ClN5O4/c35-30-14-7-6-13-28(30)22-37-33(42)34(21-26-11-4-5-12-27(26)23-38-40-36)31(24-9-2-1-3-10-24)44-32(39-34)25-15-17-29(18-16-25)43-20-8-19-41/h1-7,9-18,31,41H,8,19-23H2,(H,37,42)/t31-,34-/m1/s1. The fourth-order valence-electron chi connectivity index (χ4n) is 5.16. The summed E-state index contributed by atoms with van der Waals surface area (Å²) in [6.07, 6.45) is -0.0503. The minimum Gasteiger partial charge on any atom is -0.494 e. The van der Waals surface area contributed by atoms with Crippen LogP contribution in [0.25, 0.3) is 10.4 Å². The molecule has 0 saturated heterocycles. The van der Waals surface area contributed by atoms with Gasteiger partial charge in [-0.3, -0.25) is 4.79 Å². The Kier molecular flexibility index (Phi) is 10.1. The zero-order chi connectivity index (χ0) is 30.8. The van der Waals surface area contributed by atoms with Crippen molar-refractivity contribution in [3.05, 3.63) is 146 Å². The van der Waals surface area contributed by atoms with Crippen molar-refractivity contribution < 1.29 is 19.4 Å². The van der Waals surface area contributed by atoms with E-state index in [4.69, 9.17) is 36.7 Å². The topological polar surface area (TPSA) is 129 Å². The van der Waals surface area contributed by atoms with Crippen molar-refractivity contribution in [3.8, 4) is 5.75 Å². The van der Waals surface area contributed by atoms with Gasteiger partial charge in [0, 0.05) is 41.5 Å². The SMILES string of the molecule is [N-]=[N+]=NCc1ccccc1C[C@@]1(C(=O)NCc2ccccc2Cl)N=C(c2ccc(OCCCO)cc2)O[C@@H]1c1ccccc1. The summed E-state index contributed by atoms with van der Waals surface area (Å²) in [5.74, 6) is 0.640. The second-order valence-corrected chi connectivity index (χ2v) is 10.7. The molecule has 1 amide bonds. The van der Waals surface area contributed by atoms with Crippen molar-refractivity contribution in [2.75, 3.05) is 13.2 Å². The zero-order valence-electron chi connectivity index (χ0n) is 24.0. The third-order valence-electron chi connectivity index (χ3n) is 7.41. The molecule has 0 saturated carbocycles. The van der Waals surface area contributed by atoms with E-state index >= 15 is 0 Å². The molecule has 1 aliphatic heterocycles. The summed E-state index contributed by atoms with van der Waals surface area (Å²) in [6, 6.07) is 31.7. The fourth-order valence-corrected chi connectivity index (χ4v) is 5.37. The van der Waals surface area contributed by atoms with Gasteiger partial charge in [-0.2, -0.15) is 0 Å². The van der Waals surface area contributed by atoms with Crippen LogP contribution in [0, 0.1) is 0 Å². The first-order valence-corrected chi connectivity index (χ1v) is 14.7. The normalized spacial score (nSPS) is 17.2. The van der Waals surface area contributed by atoms with Gasteiger partial charge in [0.1, 0.15) is 5.75 Å². The maximum Gasteiger partial charge on any atom is 0.252 e. The molecule has 2 atom stereocenters. The van der Waals surface area contributed by atoms with Crippen LogP contribution < -0.4 is 10.1 Å². The van der Waals surface area contributed by atoms with Gasteiger partial charge in [-0.1, -0.05) is 89.5 Å². The van der Waals surface area contributed by atoms with Crippen LogP contribution in [0.3, 0.4) is 0 Å². The predicted molar refractivity (Wildman–Crippen MR) is 169 cm³/mol. The average Bonchev–Trinajstić information content (AvgIpc) is 3.45. The predicted octanol–water partition coefficient (Wildman–Crippen LogP) is 6.73. The number of benzene rings is 4. The van der Waals surface area contributed by atoms with Crippen molar-refractivity contribution in [1.29, 1.82) is 0 Å². The Hall–Kier alpha value is -4.82. The molecule has 4 aromatic carbocycles. The molecular weight excluding hydrogens is 578 g/mol. The Balaban J connectivity index is 1.58. The lowest BCUT2D eigenvalue weighted by Crippen LogP contribution is -2.49. The molecule has 0 unspecified atom stereocenters. The van der Waals surface area contributed by atoms with Crippen LogP contribution >= 0.6 is 11.6 Å². The van der Waals surface area contributed by atoms with Gasteiger partial charge in [0.05, 0.1) is 13.2 Å².